The SMILES string of the molecule is COC1CN(C(=O)C2=NNCC2C)C1. The summed E-state index contributed by atoms with van der Waals surface area (Å²) in [6.45, 7) is 4.16. The van der Waals surface area contributed by atoms with E-state index in [9.17, 15) is 4.79 Å². The molecule has 2 aliphatic heterocycles. The maximum atomic E-state index is 11.8. The molecule has 1 saturated heterocycles. The van der Waals surface area contributed by atoms with Gasteiger partial charge in [-0.05, 0) is 0 Å². The van der Waals surface area contributed by atoms with Crippen molar-refractivity contribution in [2.45, 2.75) is 13.0 Å². The number of carbonyl (C=O) groups excluding carboxylic acids is 1. The van der Waals surface area contributed by atoms with E-state index in [1.807, 2.05) is 6.92 Å². The van der Waals surface area contributed by atoms with E-state index in [1.165, 1.54) is 0 Å². The maximum absolute atomic E-state index is 11.8. The van der Waals surface area contributed by atoms with Crippen molar-refractivity contribution in [3.63, 3.8) is 0 Å². The molecule has 5 heteroatoms. The smallest absolute Gasteiger partial charge is 0.270 e. The molecule has 0 radical (unpaired) electrons. The minimum atomic E-state index is 0.0517. The minimum Gasteiger partial charge on any atom is -0.378 e. The number of amides is 1. The molecule has 0 bridgehead atoms. The van der Waals surface area contributed by atoms with Gasteiger partial charge < -0.3 is 15.1 Å². The summed E-state index contributed by atoms with van der Waals surface area (Å²) in [4.78, 5) is 13.6. The van der Waals surface area contributed by atoms with Crippen molar-refractivity contribution in [2.24, 2.45) is 11.0 Å². The second-order valence-electron chi connectivity index (χ2n) is 3.83. The van der Waals surface area contributed by atoms with Gasteiger partial charge in [-0.3, -0.25) is 4.79 Å². The Morgan fingerprint density at radius 3 is 2.86 bits per heavy atom. The Hall–Kier alpha value is -1.10. The van der Waals surface area contributed by atoms with Crippen LogP contribution in [0.15, 0.2) is 5.10 Å². The van der Waals surface area contributed by atoms with E-state index in [0.29, 0.717) is 18.8 Å². The second-order valence-corrected chi connectivity index (χ2v) is 3.83. The summed E-state index contributed by atoms with van der Waals surface area (Å²) in [7, 11) is 1.67. The van der Waals surface area contributed by atoms with Gasteiger partial charge in [0.2, 0.25) is 0 Å². The van der Waals surface area contributed by atoms with E-state index in [2.05, 4.69) is 10.5 Å². The molecular formula is C9H15N3O2. The molecule has 1 fully saturated rings. The fourth-order valence-corrected chi connectivity index (χ4v) is 1.65. The zero-order valence-electron chi connectivity index (χ0n) is 8.49. The normalized spacial score (nSPS) is 26.9. The van der Waals surface area contributed by atoms with Crippen LogP contribution in [0.2, 0.25) is 0 Å². The van der Waals surface area contributed by atoms with Crippen LogP contribution in [0.5, 0.6) is 0 Å². The van der Waals surface area contributed by atoms with Crippen LogP contribution in [0, 0.1) is 5.92 Å². The summed E-state index contributed by atoms with van der Waals surface area (Å²) in [5.74, 6) is 0.278. The summed E-state index contributed by atoms with van der Waals surface area (Å²) in [6, 6.07) is 0. The van der Waals surface area contributed by atoms with Gasteiger partial charge in [0.05, 0.1) is 6.10 Å². The Kier molecular flexibility index (Phi) is 2.41. The molecule has 0 spiro atoms. The number of methoxy groups -OCH3 is 1. The zero-order chi connectivity index (χ0) is 10.1. The average Bonchev–Trinajstić information content (AvgIpc) is 2.49. The highest BCUT2D eigenvalue weighted by Crippen LogP contribution is 2.15. The Bertz CT molecular complexity index is 271. The first-order valence-corrected chi connectivity index (χ1v) is 4.85. The van der Waals surface area contributed by atoms with Crippen LogP contribution in [-0.4, -0.2) is 49.4 Å². The van der Waals surface area contributed by atoms with Crippen molar-refractivity contribution in [1.29, 1.82) is 0 Å². The van der Waals surface area contributed by atoms with Crippen LogP contribution >= 0.6 is 0 Å². The van der Waals surface area contributed by atoms with Crippen LogP contribution in [0.3, 0.4) is 0 Å². The van der Waals surface area contributed by atoms with Crippen molar-refractivity contribution < 1.29 is 9.53 Å². The molecule has 1 N–H and O–H groups in total. The summed E-state index contributed by atoms with van der Waals surface area (Å²) in [5, 5.41) is 4.01. The van der Waals surface area contributed by atoms with Crippen LogP contribution < -0.4 is 5.43 Å². The molecule has 2 rings (SSSR count). The molecule has 0 aromatic rings. The van der Waals surface area contributed by atoms with Crippen molar-refractivity contribution in [3.05, 3.63) is 0 Å². The summed E-state index contributed by atoms with van der Waals surface area (Å²) in [5.41, 5.74) is 3.49. The third-order valence-electron chi connectivity index (χ3n) is 2.75. The molecule has 0 saturated carbocycles. The van der Waals surface area contributed by atoms with Gasteiger partial charge in [-0.2, -0.15) is 5.10 Å². The number of hydrogen-bond donors (Lipinski definition) is 1. The summed E-state index contributed by atoms with van der Waals surface area (Å²) >= 11 is 0. The molecule has 5 nitrogen and oxygen atoms in total. The fraction of sp³-hybridized carbons (Fsp3) is 0.778. The number of likely N-dealkylation sites (tertiary alicyclic amines) is 1. The number of ether oxygens (including phenoxy) is 1. The van der Waals surface area contributed by atoms with Gasteiger partial charge in [0.15, 0.2) is 0 Å². The van der Waals surface area contributed by atoms with Gasteiger partial charge in [-0.15, -0.1) is 0 Å². The molecule has 2 aliphatic rings. The molecule has 1 amide bonds. The standard InChI is InChI=1S/C9H15N3O2/c1-6-3-10-11-8(6)9(13)12-4-7(5-12)14-2/h6-7,10H,3-5H2,1-2H3. The minimum absolute atomic E-state index is 0.0517. The average molecular weight is 197 g/mol. The highest BCUT2D eigenvalue weighted by atomic mass is 16.5. The van der Waals surface area contributed by atoms with E-state index in [1.54, 1.807) is 12.0 Å². The zero-order valence-corrected chi connectivity index (χ0v) is 8.49. The van der Waals surface area contributed by atoms with Crippen molar-refractivity contribution in [2.75, 3.05) is 26.7 Å². The number of nitrogens with zero attached hydrogens (tertiary/aromatic N) is 2. The summed E-state index contributed by atoms with van der Waals surface area (Å²) < 4.78 is 5.11. The Labute approximate surface area is 83.1 Å². The van der Waals surface area contributed by atoms with Crippen molar-refractivity contribution in [1.82, 2.24) is 10.3 Å². The Morgan fingerprint density at radius 1 is 1.64 bits per heavy atom. The van der Waals surface area contributed by atoms with Crippen LogP contribution in [0.25, 0.3) is 0 Å². The van der Waals surface area contributed by atoms with Crippen LogP contribution in [0.4, 0.5) is 0 Å². The fourth-order valence-electron chi connectivity index (χ4n) is 1.65. The molecule has 0 aromatic carbocycles. The second kappa shape index (κ2) is 3.57. The lowest BCUT2D eigenvalue weighted by atomic mass is 10.0. The first-order valence-electron chi connectivity index (χ1n) is 4.85. The van der Waals surface area contributed by atoms with E-state index in [4.69, 9.17) is 4.74 Å². The predicted molar refractivity (Wildman–Crippen MR) is 52.0 cm³/mol. The molecule has 14 heavy (non-hydrogen) atoms. The highest BCUT2D eigenvalue weighted by Gasteiger charge is 2.35. The number of nitrogens with one attached hydrogen (secondary N) is 1. The van der Waals surface area contributed by atoms with Gasteiger partial charge in [-0.25, -0.2) is 0 Å². The predicted octanol–water partition coefficient (Wildman–Crippen LogP) is -0.561. The molecule has 78 valence electrons. The molecular weight excluding hydrogens is 182 g/mol. The maximum Gasteiger partial charge on any atom is 0.270 e. The van der Waals surface area contributed by atoms with Crippen LogP contribution in [0.1, 0.15) is 6.92 Å². The lowest BCUT2D eigenvalue weighted by molar-refractivity contribution is -0.135. The van der Waals surface area contributed by atoms with E-state index in [-0.39, 0.29) is 17.9 Å². The van der Waals surface area contributed by atoms with Gasteiger partial charge in [0, 0.05) is 32.7 Å². The summed E-state index contributed by atoms with van der Waals surface area (Å²) in [6.07, 6.45) is 0.212. The quantitative estimate of drug-likeness (QED) is 0.645. The van der Waals surface area contributed by atoms with Crippen molar-refractivity contribution >= 4 is 11.6 Å². The number of hydrazone groups is 1. The number of carbonyl (C=O) groups is 1. The third kappa shape index (κ3) is 1.48. The largest absolute Gasteiger partial charge is 0.378 e. The molecule has 1 unspecified atom stereocenters. The third-order valence-corrected chi connectivity index (χ3v) is 2.75. The highest BCUT2D eigenvalue weighted by molar-refractivity contribution is 6.40. The molecule has 0 aromatic heterocycles. The van der Waals surface area contributed by atoms with Gasteiger partial charge in [0.25, 0.3) is 5.91 Å². The first-order chi connectivity index (χ1) is 6.72. The molecule has 0 aliphatic carbocycles. The van der Waals surface area contributed by atoms with Gasteiger partial charge >= 0.3 is 0 Å². The Morgan fingerprint density at radius 2 is 2.36 bits per heavy atom. The number of hydrogen-bond acceptors (Lipinski definition) is 4. The van der Waals surface area contributed by atoms with Crippen molar-refractivity contribution in [3.8, 4) is 0 Å². The van der Waals surface area contributed by atoms with Crippen LogP contribution in [-0.2, 0) is 9.53 Å². The molecule has 1 atom stereocenters. The number of rotatable bonds is 2. The lowest BCUT2D eigenvalue weighted by Gasteiger charge is -2.38. The van der Waals surface area contributed by atoms with E-state index in [0.717, 1.165) is 6.54 Å². The van der Waals surface area contributed by atoms with E-state index >= 15 is 0 Å². The van der Waals surface area contributed by atoms with E-state index < -0.39 is 0 Å². The first kappa shape index (κ1) is 9.45. The lowest BCUT2D eigenvalue weighted by Crippen LogP contribution is -2.56. The van der Waals surface area contributed by atoms with Gasteiger partial charge in [-0.1, -0.05) is 6.92 Å². The Balaban J connectivity index is 1.91. The van der Waals surface area contributed by atoms with Gasteiger partial charge in [0.1, 0.15) is 5.71 Å². The molecule has 2 heterocycles. The topological polar surface area (TPSA) is 53.9 Å². The monoisotopic (exact) mass is 197 g/mol.